The van der Waals surface area contributed by atoms with E-state index in [1.807, 2.05) is 39.8 Å². The van der Waals surface area contributed by atoms with E-state index in [1.165, 1.54) is 0 Å². The minimum Gasteiger partial charge on any atom is -0.494 e. The molecule has 0 aromatic heterocycles. The summed E-state index contributed by atoms with van der Waals surface area (Å²) in [5.41, 5.74) is 2.44. The number of hydrogen-bond donors (Lipinski definition) is 0. The van der Waals surface area contributed by atoms with Gasteiger partial charge < -0.3 is 14.2 Å². The Morgan fingerprint density at radius 1 is 0.885 bits per heavy atom. The summed E-state index contributed by atoms with van der Waals surface area (Å²) in [5, 5.41) is 0. The number of ether oxygens (including phenoxy) is 3. The summed E-state index contributed by atoms with van der Waals surface area (Å²) in [5.74, 6) is 2.23. The van der Waals surface area contributed by atoms with Gasteiger partial charge in [-0.2, -0.15) is 0 Å². The third-order valence-corrected chi connectivity index (χ3v) is 3.81. The van der Waals surface area contributed by atoms with Crippen molar-refractivity contribution >= 4 is 11.9 Å². The smallest absolute Gasteiger partial charge is 0.185 e. The first-order chi connectivity index (χ1) is 12.6. The average molecular weight is 354 g/mol. The number of benzene rings is 2. The van der Waals surface area contributed by atoms with Crippen molar-refractivity contribution in [3.8, 4) is 17.2 Å². The molecule has 0 bridgehead atoms. The normalized spacial score (nSPS) is 10.8. The Morgan fingerprint density at radius 2 is 1.42 bits per heavy atom. The lowest BCUT2D eigenvalue weighted by Crippen LogP contribution is -2.00. The van der Waals surface area contributed by atoms with E-state index >= 15 is 0 Å². The lowest BCUT2D eigenvalue weighted by atomic mass is 10.1. The van der Waals surface area contributed by atoms with Crippen LogP contribution >= 0.6 is 0 Å². The van der Waals surface area contributed by atoms with Crippen molar-refractivity contribution in [2.75, 3.05) is 19.8 Å². The van der Waals surface area contributed by atoms with E-state index in [1.54, 1.807) is 36.4 Å². The van der Waals surface area contributed by atoms with Gasteiger partial charge in [-0.1, -0.05) is 6.08 Å². The Kier molecular flexibility index (Phi) is 7.27. The zero-order valence-corrected chi connectivity index (χ0v) is 15.9. The number of carbonyl (C=O) groups excluding carboxylic acids is 1. The maximum Gasteiger partial charge on any atom is 0.185 e. The van der Waals surface area contributed by atoms with Gasteiger partial charge in [0.15, 0.2) is 5.78 Å². The fraction of sp³-hybridized carbons (Fsp3) is 0.318. The largest absolute Gasteiger partial charge is 0.494 e. The highest BCUT2D eigenvalue weighted by Gasteiger charge is 2.09. The highest BCUT2D eigenvalue weighted by molar-refractivity contribution is 6.06. The fourth-order valence-electron chi connectivity index (χ4n) is 2.54. The standard InChI is InChI=1S/C22H26O4/c1-5-24-19-11-9-18(10-12-19)20(23)13-8-17-14-21(25-6-2)16(4)22(15-17)26-7-3/h8-15H,5-7H2,1-4H3. The number of allylic oxidation sites excluding steroid dienone is 1. The predicted octanol–water partition coefficient (Wildman–Crippen LogP) is 5.09. The fourth-order valence-corrected chi connectivity index (χ4v) is 2.54. The molecule has 0 aliphatic carbocycles. The Bertz CT molecular complexity index is 733. The van der Waals surface area contributed by atoms with Crippen LogP contribution in [0, 0.1) is 6.92 Å². The van der Waals surface area contributed by atoms with Gasteiger partial charge in [-0.25, -0.2) is 0 Å². The van der Waals surface area contributed by atoms with Crippen LogP contribution in [-0.2, 0) is 0 Å². The highest BCUT2D eigenvalue weighted by atomic mass is 16.5. The Morgan fingerprint density at radius 3 is 1.92 bits per heavy atom. The van der Waals surface area contributed by atoms with E-state index < -0.39 is 0 Å². The van der Waals surface area contributed by atoms with Crippen LogP contribution in [0.2, 0.25) is 0 Å². The van der Waals surface area contributed by atoms with Crippen LogP contribution in [0.15, 0.2) is 42.5 Å². The van der Waals surface area contributed by atoms with Crippen LogP contribution in [0.4, 0.5) is 0 Å². The number of rotatable bonds is 9. The van der Waals surface area contributed by atoms with E-state index in [0.29, 0.717) is 25.4 Å². The summed E-state index contributed by atoms with van der Waals surface area (Å²) in [6.45, 7) is 9.53. The lowest BCUT2D eigenvalue weighted by molar-refractivity contribution is 0.104. The molecule has 4 nitrogen and oxygen atoms in total. The zero-order valence-electron chi connectivity index (χ0n) is 15.9. The molecule has 0 amide bonds. The first-order valence-electron chi connectivity index (χ1n) is 8.94. The van der Waals surface area contributed by atoms with Gasteiger partial charge in [-0.3, -0.25) is 4.79 Å². The molecule has 0 aliphatic heterocycles. The molecule has 26 heavy (non-hydrogen) atoms. The molecule has 0 atom stereocenters. The second-order valence-corrected chi connectivity index (χ2v) is 5.66. The molecule has 2 aromatic carbocycles. The zero-order chi connectivity index (χ0) is 18.9. The van der Waals surface area contributed by atoms with Gasteiger partial charge in [-0.05, 0) is 75.7 Å². The molecule has 0 N–H and O–H groups in total. The van der Waals surface area contributed by atoms with Crippen LogP contribution in [0.3, 0.4) is 0 Å². The van der Waals surface area contributed by atoms with Gasteiger partial charge in [-0.15, -0.1) is 0 Å². The first-order valence-corrected chi connectivity index (χ1v) is 8.94. The SMILES string of the molecule is CCOc1ccc(C(=O)C=Cc2cc(OCC)c(C)c(OCC)c2)cc1. The Balaban J connectivity index is 2.21. The van der Waals surface area contributed by atoms with E-state index in [4.69, 9.17) is 14.2 Å². The minimum absolute atomic E-state index is 0.0652. The third kappa shape index (κ3) is 5.12. The average Bonchev–Trinajstić information content (AvgIpc) is 2.64. The molecule has 0 spiro atoms. The molecular formula is C22H26O4. The first kappa shape index (κ1) is 19.6. The third-order valence-electron chi connectivity index (χ3n) is 3.81. The molecule has 0 saturated carbocycles. The number of hydrogen-bond acceptors (Lipinski definition) is 4. The van der Waals surface area contributed by atoms with Gasteiger partial charge in [0.05, 0.1) is 19.8 Å². The van der Waals surface area contributed by atoms with Crippen molar-refractivity contribution in [1.29, 1.82) is 0 Å². The van der Waals surface area contributed by atoms with E-state index in [9.17, 15) is 4.79 Å². The quantitative estimate of drug-likeness (QED) is 0.465. The van der Waals surface area contributed by atoms with Gasteiger partial charge in [0.2, 0.25) is 0 Å². The second kappa shape index (κ2) is 9.66. The van der Waals surface area contributed by atoms with Crippen molar-refractivity contribution < 1.29 is 19.0 Å². The summed E-state index contributed by atoms with van der Waals surface area (Å²) in [6.07, 6.45) is 3.34. The Hall–Kier alpha value is -2.75. The highest BCUT2D eigenvalue weighted by Crippen LogP contribution is 2.30. The molecular weight excluding hydrogens is 328 g/mol. The Labute approximate surface area is 155 Å². The molecule has 0 saturated heterocycles. The van der Waals surface area contributed by atoms with Crippen LogP contribution in [0.5, 0.6) is 17.2 Å². The van der Waals surface area contributed by atoms with Gasteiger partial charge in [0.25, 0.3) is 0 Å². The summed E-state index contributed by atoms with van der Waals surface area (Å²) < 4.78 is 16.8. The maximum absolute atomic E-state index is 12.4. The van der Waals surface area contributed by atoms with Crippen LogP contribution in [-0.4, -0.2) is 25.6 Å². The summed E-state index contributed by atoms with van der Waals surface area (Å²) in [6, 6.07) is 11.0. The van der Waals surface area contributed by atoms with Crippen molar-refractivity contribution in [3.63, 3.8) is 0 Å². The van der Waals surface area contributed by atoms with Gasteiger partial charge >= 0.3 is 0 Å². The lowest BCUT2D eigenvalue weighted by Gasteiger charge is -2.13. The van der Waals surface area contributed by atoms with Crippen molar-refractivity contribution in [2.24, 2.45) is 0 Å². The molecule has 2 rings (SSSR count). The number of ketones is 1. The van der Waals surface area contributed by atoms with Crippen LogP contribution in [0.1, 0.15) is 42.3 Å². The molecule has 2 aromatic rings. The topological polar surface area (TPSA) is 44.8 Å². The summed E-state index contributed by atoms with van der Waals surface area (Å²) >= 11 is 0. The molecule has 0 heterocycles. The van der Waals surface area contributed by atoms with E-state index in [0.717, 1.165) is 28.4 Å². The molecule has 0 fully saturated rings. The van der Waals surface area contributed by atoms with E-state index in [2.05, 4.69) is 0 Å². The van der Waals surface area contributed by atoms with Crippen molar-refractivity contribution in [1.82, 2.24) is 0 Å². The molecule has 0 aliphatic rings. The molecule has 138 valence electrons. The number of carbonyl (C=O) groups is 1. The minimum atomic E-state index is -0.0652. The van der Waals surface area contributed by atoms with E-state index in [-0.39, 0.29) is 5.78 Å². The van der Waals surface area contributed by atoms with Crippen molar-refractivity contribution in [2.45, 2.75) is 27.7 Å². The maximum atomic E-state index is 12.4. The monoisotopic (exact) mass is 354 g/mol. The van der Waals surface area contributed by atoms with Gasteiger partial charge in [0.1, 0.15) is 17.2 Å². The second-order valence-electron chi connectivity index (χ2n) is 5.66. The van der Waals surface area contributed by atoms with Crippen LogP contribution in [0.25, 0.3) is 6.08 Å². The van der Waals surface area contributed by atoms with Gasteiger partial charge in [0, 0.05) is 11.1 Å². The molecule has 0 unspecified atom stereocenters. The van der Waals surface area contributed by atoms with Crippen molar-refractivity contribution in [3.05, 3.63) is 59.2 Å². The predicted molar refractivity (Wildman–Crippen MR) is 104 cm³/mol. The molecule has 0 radical (unpaired) electrons. The molecule has 4 heteroatoms. The summed E-state index contributed by atoms with van der Waals surface area (Å²) in [4.78, 5) is 12.4. The van der Waals surface area contributed by atoms with Crippen LogP contribution < -0.4 is 14.2 Å². The summed E-state index contributed by atoms with van der Waals surface area (Å²) in [7, 11) is 0.